The molecule has 152 valence electrons. The molecule has 0 saturated heterocycles. The number of methoxy groups -OCH3 is 1. The molecular weight excluding hydrogens is 383 g/mol. The lowest BCUT2D eigenvalue weighted by molar-refractivity contribution is 0.206. The zero-order chi connectivity index (χ0) is 20.7. The predicted molar refractivity (Wildman–Crippen MR) is 117 cm³/mol. The molecule has 0 aliphatic carbocycles. The predicted octanol–water partition coefficient (Wildman–Crippen LogP) is 6.25. The van der Waals surface area contributed by atoms with E-state index in [1.54, 1.807) is 7.11 Å². The zero-order valence-electron chi connectivity index (χ0n) is 17.1. The van der Waals surface area contributed by atoms with Crippen LogP contribution in [0.1, 0.15) is 30.5 Å². The van der Waals surface area contributed by atoms with Gasteiger partial charge in [0.2, 0.25) is 0 Å². The molecule has 0 amide bonds. The Balaban J connectivity index is 2.43. The highest BCUT2D eigenvalue weighted by Crippen LogP contribution is 2.70. The van der Waals surface area contributed by atoms with Crippen molar-refractivity contribution in [3.8, 4) is 5.75 Å². The summed E-state index contributed by atoms with van der Waals surface area (Å²) in [5.74, 6) is 0.728. The molecule has 4 nitrogen and oxygen atoms in total. The highest BCUT2D eigenvalue weighted by molar-refractivity contribution is 7.55. The monoisotopic (exact) mass is 410 g/mol. The van der Waals surface area contributed by atoms with E-state index in [0.29, 0.717) is 0 Å². The van der Waals surface area contributed by atoms with Crippen LogP contribution < -0.4 is 4.74 Å². The first-order valence-electron chi connectivity index (χ1n) is 9.77. The molecule has 0 radical (unpaired) electrons. The van der Waals surface area contributed by atoms with Gasteiger partial charge in [-0.1, -0.05) is 72.8 Å². The molecule has 0 saturated carbocycles. The Bertz CT molecular complexity index is 890. The molecule has 29 heavy (non-hydrogen) atoms. The minimum Gasteiger partial charge on any atom is -0.497 e. The number of hydrogen-bond donors (Lipinski definition) is 0. The van der Waals surface area contributed by atoms with Gasteiger partial charge in [0, 0.05) is 0 Å². The van der Waals surface area contributed by atoms with Crippen molar-refractivity contribution in [3.63, 3.8) is 0 Å². The zero-order valence-corrected chi connectivity index (χ0v) is 18.0. The largest absolute Gasteiger partial charge is 0.497 e. The summed E-state index contributed by atoms with van der Waals surface area (Å²) in [6.45, 7) is 4.21. The van der Waals surface area contributed by atoms with Crippen molar-refractivity contribution < 1.29 is 18.3 Å². The van der Waals surface area contributed by atoms with Gasteiger partial charge in [-0.3, -0.25) is 4.57 Å². The molecule has 0 bridgehead atoms. The van der Waals surface area contributed by atoms with Gasteiger partial charge in [-0.15, -0.1) is 0 Å². The van der Waals surface area contributed by atoms with Crippen LogP contribution in [0.15, 0.2) is 84.9 Å². The normalized spacial score (nSPS) is 12.0. The first-order chi connectivity index (χ1) is 14.1. The third-order valence-electron chi connectivity index (χ3n) is 4.90. The van der Waals surface area contributed by atoms with Crippen LogP contribution in [0.3, 0.4) is 0 Å². The van der Waals surface area contributed by atoms with E-state index >= 15 is 0 Å². The molecule has 5 heteroatoms. The molecule has 0 aliphatic heterocycles. The van der Waals surface area contributed by atoms with Crippen molar-refractivity contribution in [2.45, 2.75) is 19.0 Å². The lowest BCUT2D eigenvalue weighted by Gasteiger charge is -2.40. The third kappa shape index (κ3) is 3.89. The number of hydrogen-bond acceptors (Lipinski definition) is 4. The smallest absolute Gasteiger partial charge is 0.349 e. The highest BCUT2D eigenvalue weighted by atomic mass is 31.2. The molecule has 0 fully saturated rings. The Labute approximate surface area is 173 Å². The summed E-state index contributed by atoms with van der Waals surface area (Å²) in [5, 5.41) is -1.12. The van der Waals surface area contributed by atoms with Gasteiger partial charge in [-0.25, -0.2) is 0 Å². The Morgan fingerprint density at radius 2 is 1.10 bits per heavy atom. The van der Waals surface area contributed by atoms with Gasteiger partial charge in [0.05, 0.1) is 20.3 Å². The second kappa shape index (κ2) is 9.41. The highest BCUT2D eigenvalue weighted by Gasteiger charge is 2.55. The maximum absolute atomic E-state index is 14.5. The van der Waals surface area contributed by atoms with Crippen molar-refractivity contribution in [1.29, 1.82) is 0 Å². The topological polar surface area (TPSA) is 44.8 Å². The van der Waals surface area contributed by atoms with Crippen LogP contribution in [0, 0.1) is 0 Å². The van der Waals surface area contributed by atoms with E-state index < -0.39 is 12.8 Å². The lowest BCUT2D eigenvalue weighted by Crippen LogP contribution is -2.31. The molecule has 3 rings (SSSR count). The number of rotatable bonds is 9. The molecule has 0 aromatic heterocycles. The van der Waals surface area contributed by atoms with Gasteiger partial charge in [0.1, 0.15) is 10.9 Å². The maximum atomic E-state index is 14.5. The fourth-order valence-corrected chi connectivity index (χ4v) is 6.27. The second-order valence-corrected chi connectivity index (χ2v) is 8.69. The quantitative estimate of drug-likeness (QED) is 0.309. The molecule has 0 heterocycles. The van der Waals surface area contributed by atoms with E-state index in [1.165, 1.54) is 0 Å². The van der Waals surface area contributed by atoms with Crippen LogP contribution in [0.25, 0.3) is 0 Å². The van der Waals surface area contributed by atoms with Gasteiger partial charge in [-0.05, 0) is 42.7 Å². The maximum Gasteiger partial charge on any atom is 0.349 e. The lowest BCUT2D eigenvalue weighted by atomic mass is 9.84. The number of ether oxygens (including phenoxy) is 1. The standard InChI is InChI=1S/C24H27O4P/c1-4-27-29(25,28-5-2)24(20-12-8-6-9-13-20,21-14-10-7-11-15-21)22-16-18-23(26-3)19-17-22/h6-19H,4-5H2,1-3H3. The second-order valence-electron chi connectivity index (χ2n) is 6.50. The Hall–Kier alpha value is -2.39. The van der Waals surface area contributed by atoms with Crippen molar-refractivity contribution in [2.24, 2.45) is 0 Å². The Kier molecular flexibility index (Phi) is 6.92. The fourth-order valence-electron chi connectivity index (χ4n) is 3.74. The summed E-state index contributed by atoms with van der Waals surface area (Å²) in [5.41, 5.74) is 2.52. The summed E-state index contributed by atoms with van der Waals surface area (Å²) in [6.07, 6.45) is 0. The first kappa shape index (κ1) is 21.3. The molecule has 0 aliphatic rings. The molecule has 0 N–H and O–H groups in total. The van der Waals surface area contributed by atoms with Crippen LogP contribution in [0.5, 0.6) is 5.75 Å². The number of benzene rings is 3. The van der Waals surface area contributed by atoms with E-state index in [-0.39, 0.29) is 13.2 Å². The van der Waals surface area contributed by atoms with E-state index in [2.05, 4.69) is 0 Å². The van der Waals surface area contributed by atoms with E-state index in [1.807, 2.05) is 98.8 Å². The summed E-state index contributed by atoms with van der Waals surface area (Å²) in [6, 6.07) is 27.2. The first-order valence-corrected chi connectivity index (χ1v) is 11.3. The molecule has 3 aromatic rings. The minimum absolute atomic E-state index is 0.273. The summed E-state index contributed by atoms with van der Waals surface area (Å²) in [7, 11) is -2.06. The van der Waals surface area contributed by atoms with Gasteiger partial charge in [-0.2, -0.15) is 0 Å². The molecule has 3 aromatic carbocycles. The van der Waals surface area contributed by atoms with Crippen molar-refractivity contribution in [1.82, 2.24) is 0 Å². The Morgan fingerprint density at radius 1 is 0.690 bits per heavy atom. The van der Waals surface area contributed by atoms with E-state index in [0.717, 1.165) is 22.4 Å². The van der Waals surface area contributed by atoms with Crippen LogP contribution in [0.4, 0.5) is 0 Å². The van der Waals surface area contributed by atoms with E-state index in [4.69, 9.17) is 13.8 Å². The van der Waals surface area contributed by atoms with Crippen LogP contribution in [0.2, 0.25) is 0 Å². The minimum atomic E-state index is -3.69. The van der Waals surface area contributed by atoms with Gasteiger partial charge >= 0.3 is 7.60 Å². The Morgan fingerprint density at radius 3 is 1.48 bits per heavy atom. The average molecular weight is 410 g/mol. The third-order valence-corrected chi connectivity index (χ3v) is 7.69. The molecule has 0 unspecified atom stereocenters. The molecule has 0 atom stereocenters. The van der Waals surface area contributed by atoms with Gasteiger partial charge in [0.15, 0.2) is 0 Å². The van der Waals surface area contributed by atoms with Crippen molar-refractivity contribution >= 4 is 7.60 Å². The average Bonchev–Trinajstić information content (AvgIpc) is 2.76. The van der Waals surface area contributed by atoms with Gasteiger partial charge < -0.3 is 13.8 Å². The molecular formula is C24H27O4P. The van der Waals surface area contributed by atoms with E-state index in [9.17, 15) is 4.57 Å². The van der Waals surface area contributed by atoms with Crippen molar-refractivity contribution in [2.75, 3.05) is 20.3 Å². The van der Waals surface area contributed by atoms with Crippen molar-refractivity contribution in [3.05, 3.63) is 102 Å². The molecule has 0 spiro atoms. The van der Waals surface area contributed by atoms with Crippen LogP contribution in [-0.2, 0) is 18.8 Å². The summed E-state index contributed by atoms with van der Waals surface area (Å²) < 4.78 is 31.8. The van der Waals surface area contributed by atoms with Crippen LogP contribution >= 0.6 is 7.60 Å². The summed E-state index contributed by atoms with van der Waals surface area (Å²) >= 11 is 0. The van der Waals surface area contributed by atoms with Crippen LogP contribution in [-0.4, -0.2) is 20.3 Å². The fraction of sp³-hybridized carbons (Fsp3) is 0.250. The SMILES string of the molecule is CCOP(=O)(OCC)C(c1ccccc1)(c1ccccc1)c1ccc(OC)cc1. The summed E-state index contributed by atoms with van der Waals surface area (Å²) in [4.78, 5) is 0. The van der Waals surface area contributed by atoms with Gasteiger partial charge in [0.25, 0.3) is 0 Å².